The minimum absolute atomic E-state index is 0.0240. The standard InChI is InChI=1S/C17H23NO5/c1-5-9-13(7-3)23-16(21)18-11-8-10-17(4,14(18)19)15(20)22-12-6-2/h5-7,9H,2,8,10-12H2,1,3-4H3/b9-5-,13-7+. The van der Waals surface area contributed by atoms with Gasteiger partial charge in [-0.2, -0.15) is 0 Å². The third-order valence-corrected chi connectivity index (χ3v) is 3.60. The highest BCUT2D eigenvalue weighted by Crippen LogP contribution is 2.33. The van der Waals surface area contributed by atoms with Crippen LogP contribution in [0, 0.1) is 5.41 Å². The van der Waals surface area contributed by atoms with E-state index in [2.05, 4.69) is 6.58 Å². The highest BCUT2D eigenvalue weighted by Gasteiger charge is 2.49. The van der Waals surface area contributed by atoms with E-state index in [0.29, 0.717) is 18.6 Å². The van der Waals surface area contributed by atoms with E-state index in [4.69, 9.17) is 9.47 Å². The van der Waals surface area contributed by atoms with Crippen molar-refractivity contribution < 1.29 is 23.9 Å². The monoisotopic (exact) mass is 321 g/mol. The van der Waals surface area contributed by atoms with Crippen molar-refractivity contribution in [2.75, 3.05) is 13.2 Å². The van der Waals surface area contributed by atoms with Crippen molar-refractivity contribution in [1.82, 2.24) is 4.90 Å². The molecule has 1 rings (SSSR count). The van der Waals surface area contributed by atoms with E-state index in [1.807, 2.05) is 0 Å². The zero-order chi connectivity index (χ0) is 17.5. The number of carbonyl (C=O) groups is 3. The summed E-state index contributed by atoms with van der Waals surface area (Å²) in [7, 11) is 0. The van der Waals surface area contributed by atoms with Crippen LogP contribution in [0.2, 0.25) is 0 Å². The summed E-state index contributed by atoms with van der Waals surface area (Å²) in [5, 5.41) is 0. The van der Waals surface area contributed by atoms with E-state index in [-0.39, 0.29) is 13.2 Å². The fourth-order valence-electron chi connectivity index (χ4n) is 2.26. The Bertz CT molecular complexity index is 549. The Morgan fingerprint density at radius 1 is 1.39 bits per heavy atom. The van der Waals surface area contributed by atoms with E-state index in [0.717, 1.165) is 4.90 Å². The minimum atomic E-state index is -1.38. The Kier molecular flexibility index (Phi) is 6.75. The Balaban J connectivity index is 2.89. The normalized spacial score (nSPS) is 22.1. The number of esters is 1. The molecule has 0 spiro atoms. The van der Waals surface area contributed by atoms with Gasteiger partial charge in [0.15, 0.2) is 0 Å². The molecule has 0 saturated carbocycles. The Labute approximate surface area is 136 Å². The lowest BCUT2D eigenvalue weighted by atomic mass is 9.81. The Morgan fingerprint density at radius 3 is 2.65 bits per heavy atom. The first-order valence-electron chi connectivity index (χ1n) is 7.51. The van der Waals surface area contributed by atoms with Crippen LogP contribution in [0.1, 0.15) is 33.6 Å². The van der Waals surface area contributed by atoms with Gasteiger partial charge < -0.3 is 9.47 Å². The smallest absolute Gasteiger partial charge is 0.422 e. The molecule has 2 amide bonds. The summed E-state index contributed by atoms with van der Waals surface area (Å²) in [5.41, 5.74) is -1.38. The molecular formula is C17H23NO5. The predicted octanol–water partition coefficient (Wildman–Crippen LogP) is 2.96. The van der Waals surface area contributed by atoms with Gasteiger partial charge in [0.1, 0.15) is 17.8 Å². The summed E-state index contributed by atoms with van der Waals surface area (Å²) in [6.07, 6.45) is 6.43. The summed E-state index contributed by atoms with van der Waals surface area (Å²) in [6.45, 7) is 8.70. The molecule has 1 saturated heterocycles. The van der Waals surface area contributed by atoms with Gasteiger partial charge in [-0.3, -0.25) is 9.59 Å². The van der Waals surface area contributed by atoms with Gasteiger partial charge in [0.25, 0.3) is 0 Å². The van der Waals surface area contributed by atoms with E-state index in [1.54, 1.807) is 32.1 Å². The maximum Gasteiger partial charge on any atom is 0.422 e. The van der Waals surface area contributed by atoms with Gasteiger partial charge in [-0.25, -0.2) is 9.69 Å². The van der Waals surface area contributed by atoms with Gasteiger partial charge in [0, 0.05) is 6.54 Å². The van der Waals surface area contributed by atoms with Gasteiger partial charge in [0.2, 0.25) is 5.91 Å². The van der Waals surface area contributed by atoms with Crippen LogP contribution in [-0.4, -0.2) is 36.0 Å². The summed E-state index contributed by atoms with van der Waals surface area (Å²) in [6, 6.07) is 0. The summed E-state index contributed by atoms with van der Waals surface area (Å²) < 4.78 is 10.2. The second-order valence-electron chi connectivity index (χ2n) is 5.34. The SMILES string of the molecule is C=CCOC(=O)C1(C)CCCN(C(=O)OC(/C=C\C)=C/C)C1=O. The lowest BCUT2D eigenvalue weighted by molar-refractivity contribution is -0.165. The molecular weight excluding hydrogens is 298 g/mol. The van der Waals surface area contributed by atoms with Crippen LogP contribution in [0.15, 0.2) is 36.6 Å². The van der Waals surface area contributed by atoms with Crippen LogP contribution in [0.25, 0.3) is 0 Å². The van der Waals surface area contributed by atoms with E-state index < -0.39 is 23.4 Å². The lowest BCUT2D eigenvalue weighted by Crippen LogP contribution is -2.53. The fourth-order valence-corrected chi connectivity index (χ4v) is 2.26. The van der Waals surface area contributed by atoms with Crippen LogP contribution in [0.4, 0.5) is 4.79 Å². The number of rotatable bonds is 5. The molecule has 1 aliphatic heterocycles. The molecule has 1 aliphatic rings. The first-order valence-corrected chi connectivity index (χ1v) is 7.51. The average Bonchev–Trinajstić information content (AvgIpc) is 2.54. The number of imide groups is 1. The Hall–Kier alpha value is -2.37. The van der Waals surface area contributed by atoms with Crippen LogP contribution >= 0.6 is 0 Å². The summed E-state index contributed by atoms with van der Waals surface area (Å²) >= 11 is 0. The van der Waals surface area contributed by atoms with Crippen molar-refractivity contribution in [2.45, 2.75) is 33.6 Å². The molecule has 1 fully saturated rings. The zero-order valence-electron chi connectivity index (χ0n) is 13.8. The molecule has 0 aliphatic carbocycles. The summed E-state index contributed by atoms with van der Waals surface area (Å²) in [5.74, 6) is -0.912. The van der Waals surface area contributed by atoms with Crippen LogP contribution in [0.5, 0.6) is 0 Å². The highest BCUT2D eigenvalue weighted by molar-refractivity contribution is 6.07. The third kappa shape index (κ3) is 4.31. The number of carbonyl (C=O) groups excluding carboxylic acids is 3. The third-order valence-electron chi connectivity index (χ3n) is 3.60. The number of piperidine rings is 1. The number of hydrogen-bond acceptors (Lipinski definition) is 5. The maximum absolute atomic E-state index is 12.6. The molecule has 6 heteroatoms. The van der Waals surface area contributed by atoms with Crippen LogP contribution in [0.3, 0.4) is 0 Å². The predicted molar refractivity (Wildman–Crippen MR) is 85.3 cm³/mol. The van der Waals surface area contributed by atoms with Crippen molar-refractivity contribution in [3.8, 4) is 0 Å². The molecule has 1 atom stereocenters. The number of likely N-dealkylation sites (tertiary alicyclic amines) is 1. The van der Waals surface area contributed by atoms with Crippen LogP contribution in [-0.2, 0) is 19.1 Å². The Morgan fingerprint density at radius 2 is 2.09 bits per heavy atom. The van der Waals surface area contributed by atoms with Gasteiger partial charge in [-0.05, 0) is 45.8 Å². The first kappa shape index (κ1) is 18.7. The van der Waals surface area contributed by atoms with E-state index in [1.165, 1.54) is 13.0 Å². The number of amides is 2. The van der Waals surface area contributed by atoms with Gasteiger partial charge in [-0.1, -0.05) is 18.7 Å². The van der Waals surface area contributed by atoms with Crippen molar-refractivity contribution in [3.63, 3.8) is 0 Å². The van der Waals surface area contributed by atoms with Gasteiger partial charge >= 0.3 is 12.1 Å². The largest absolute Gasteiger partial charge is 0.461 e. The molecule has 0 radical (unpaired) electrons. The molecule has 23 heavy (non-hydrogen) atoms. The second kappa shape index (κ2) is 8.31. The van der Waals surface area contributed by atoms with Crippen molar-refractivity contribution in [1.29, 1.82) is 0 Å². The quantitative estimate of drug-likeness (QED) is 0.256. The lowest BCUT2D eigenvalue weighted by Gasteiger charge is -2.35. The molecule has 0 bridgehead atoms. The number of hydrogen-bond donors (Lipinski definition) is 0. The van der Waals surface area contributed by atoms with E-state index >= 15 is 0 Å². The van der Waals surface area contributed by atoms with Gasteiger partial charge in [-0.15, -0.1) is 0 Å². The number of nitrogens with zero attached hydrogens (tertiary/aromatic N) is 1. The maximum atomic E-state index is 12.6. The molecule has 0 aromatic carbocycles. The van der Waals surface area contributed by atoms with Crippen molar-refractivity contribution in [2.24, 2.45) is 5.41 Å². The zero-order valence-corrected chi connectivity index (χ0v) is 13.8. The van der Waals surface area contributed by atoms with E-state index in [9.17, 15) is 14.4 Å². The number of ether oxygens (including phenoxy) is 2. The second-order valence-corrected chi connectivity index (χ2v) is 5.34. The van der Waals surface area contributed by atoms with Crippen LogP contribution < -0.4 is 0 Å². The average molecular weight is 321 g/mol. The molecule has 6 nitrogen and oxygen atoms in total. The molecule has 1 unspecified atom stereocenters. The van der Waals surface area contributed by atoms with Crippen molar-refractivity contribution >= 4 is 18.0 Å². The minimum Gasteiger partial charge on any atom is -0.461 e. The first-order chi connectivity index (χ1) is 10.9. The van der Waals surface area contributed by atoms with Crippen molar-refractivity contribution in [3.05, 3.63) is 36.6 Å². The highest BCUT2D eigenvalue weighted by atomic mass is 16.6. The molecule has 0 aromatic heterocycles. The van der Waals surface area contributed by atoms with Gasteiger partial charge in [0.05, 0.1) is 0 Å². The molecule has 0 N–H and O–H groups in total. The molecule has 126 valence electrons. The fraction of sp³-hybridized carbons (Fsp3) is 0.471. The summed E-state index contributed by atoms with van der Waals surface area (Å²) in [4.78, 5) is 37.9. The number of allylic oxidation sites excluding steroid dienone is 3. The topological polar surface area (TPSA) is 72.9 Å². The molecule has 0 aromatic rings. The molecule has 1 heterocycles.